The molecule has 2 heterocycles. The molecule has 25 heavy (non-hydrogen) atoms. The predicted molar refractivity (Wildman–Crippen MR) is 98.3 cm³/mol. The first kappa shape index (κ1) is 18.1. The van der Waals surface area contributed by atoms with E-state index >= 15 is 0 Å². The SMILES string of the molecule is CSc1ncc(-c2nnsc2C(=O)OCc2ccc(Cl)c(Cl)c2)cn1. The third kappa shape index (κ3) is 4.27. The fraction of sp³-hybridized carbons (Fsp3) is 0.133. The number of carbonyl (C=O) groups excluding carboxylic acids is 1. The van der Waals surface area contributed by atoms with Gasteiger partial charge in [-0.25, -0.2) is 14.8 Å². The standard InChI is InChI=1S/C15H10Cl2N4O2S2/c1-24-15-18-5-9(6-19-15)12-13(25-21-20-12)14(22)23-7-8-2-3-10(16)11(17)4-8/h2-6H,7H2,1H3. The largest absolute Gasteiger partial charge is 0.457 e. The number of halogens is 2. The van der Waals surface area contributed by atoms with E-state index in [4.69, 9.17) is 27.9 Å². The highest BCUT2D eigenvalue weighted by atomic mass is 35.5. The van der Waals surface area contributed by atoms with Crippen LogP contribution in [-0.4, -0.2) is 31.8 Å². The maximum Gasteiger partial charge on any atom is 0.352 e. The van der Waals surface area contributed by atoms with Gasteiger partial charge in [-0.3, -0.25) is 0 Å². The highest BCUT2D eigenvalue weighted by Crippen LogP contribution is 2.26. The zero-order chi connectivity index (χ0) is 17.8. The molecule has 0 aliphatic carbocycles. The summed E-state index contributed by atoms with van der Waals surface area (Å²) < 4.78 is 9.15. The summed E-state index contributed by atoms with van der Waals surface area (Å²) >= 11 is 14.2. The topological polar surface area (TPSA) is 77.9 Å². The van der Waals surface area contributed by atoms with Gasteiger partial charge in [0.25, 0.3) is 0 Å². The zero-order valence-electron chi connectivity index (χ0n) is 12.8. The minimum atomic E-state index is -0.523. The number of aromatic nitrogens is 4. The van der Waals surface area contributed by atoms with Gasteiger partial charge in [0, 0.05) is 18.0 Å². The van der Waals surface area contributed by atoms with E-state index in [-0.39, 0.29) is 6.61 Å². The predicted octanol–water partition coefficient (Wildman–Crippen LogP) is 4.38. The van der Waals surface area contributed by atoms with Gasteiger partial charge < -0.3 is 4.74 Å². The van der Waals surface area contributed by atoms with E-state index in [1.165, 1.54) is 11.8 Å². The van der Waals surface area contributed by atoms with Crippen LogP contribution in [0.25, 0.3) is 11.3 Å². The lowest BCUT2D eigenvalue weighted by Gasteiger charge is -2.05. The van der Waals surface area contributed by atoms with E-state index in [9.17, 15) is 4.79 Å². The van der Waals surface area contributed by atoms with Gasteiger partial charge >= 0.3 is 5.97 Å². The Kier molecular flexibility index (Phi) is 5.85. The molecule has 10 heteroatoms. The highest BCUT2D eigenvalue weighted by molar-refractivity contribution is 7.98. The molecular weight excluding hydrogens is 403 g/mol. The van der Waals surface area contributed by atoms with Crippen molar-refractivity contribution in [1.82, 2.24) is 19.6 Å². The van der Waals surface area contributed by atoms with E-state index in [0.717, 1.165) is 17.1 Å². The Morgan fingerprint density at radius 1 is 1.24 bits per heavy atom. The molecule has 128 valence electrons. The van der Waals surface area contributed by atoms with Crippen LogP contribution in [0.5, 0.6) is 0 Å². The van der Waals surface area contributed by atoms with Crippen molar-refractivity contribution in [2.75, 3.05) is 6.26 Å². The molecule has 1 aromatic carbocycles. The fourth-order valence-corrected chi connectivity index (χ4v) is 3.12. The molecule has 0 amide bonds. The molecule has 0 spiro atoms. The maximum atomic E-state index is 12.4. The molecule has 0 N–H and O–H groups in total. The Morgan fingerprint density at radius 3 is 2.68 bits per heavy atom. The van der Waals surface area contributed by atoms with Crippen LogP contribution in [0.3, 0.4) is 0 Å². The van der Waals surface area contributed by atoms with Gasteiger partial charge in [-0.15, -0.1) is 5.10 Å². The van der Waals surface area contributed by atoms with Gasteiger partial charge in [-0.05, 0) is 35.5 Å². The summed E-state index contributed by atoms with van der Waals surface area (Å²) in [6.07, 6.45) is 5.09. The first-order valence-electron chi connectivity index (χ1n) is 6.88. The first-order valence-corrected chi connectivity index (χ1v) is 9.63. The number of carbonyl (C=O) groups is 1. The number of thioether (sulfide) groups is 1. The Bertz CT molecular complexity index is 903. The second-order valence-electron chi connectivity index (χ2n) is 4.73. The molecule has 0 unspecified atom stereocenters. The number of esters is 1. The Labute approximate surface area is 161 Å². The van der Waals surface area contributed by atoms with E-state index in [0.29, 0.717) is 31.3 Å². The summed E-state index contributed by atoms with van der Waals surface area (Å²) in [5.41, 5.74) is 1.74. The summed E-state index contributed by atoms with van der Waals surface area (Å²) in [6, 6.07) is 5.04. The molecule has 0 saturated heterocycles. The minimum absolute atomic E-state index is 0.0645. The second-order valence-corrected chi connectivity index (χ2v) is 7.08. The fourth-order valence-electron chi connectivity index (χ4n) is 1.90. The van der Waals surface area contributed by atoms with Crippen molar-refractivity contribution in [3.05, 3.63) is 51.1 Å². The molecule has 2 aromatic heterocycles. The Morgan fingerprint density at radius 2 is 2.00 bits per heavy atom. The van der Waals surface area contributed by atoms with Crippen molar-refractivity contribution in [2.45, 2.75) is 11.8 Å². The summed E-state index contributed by atoms with van der Waals surface area (Å²) in [4.78, 5) is 21.0. The van der Waals surface area contributed by atoms with Crippen LogP contribution in [0.4, 0.5) is 0 Å². The molecule has 0 saturated carbocycles. The molecule has 3 rings (SSSR count). The zero-order valence-corrected chi connectivity index (χ0v) is 15.9. The number of rotatable bonds is 5. The van der Waals surface area contributed by atoms with E-state index in [1.807, 2.05) is 6.26 Å². The molecule has 0 aliphatic heterocycles. The summed E-state index contributed by atoms with van der Waals surface area (Å²) in [5, 5.41) is 5.47. The van der Waals surface area contributed by atoms with Crippen LogP contribution < -0.4 is 0 Å². The normalized spacial score (nSPS) is 10.7. The van der Waals surface area contributed by atoms with Gasteiger partial charge in [0.05, 0.1) is 10.0 Å². The minimum Gasteiger partial charge on any atom is -0.457 e. The third-order valence-corrected chi connectivity index (χ3v) is 5.13. The van der Waals surface area contributed by atoms with Crippen molar-refractivity contribution < 1.29 is 9.53 Å². The molecule has 0 fully saturated rings. The van der Waals surface area contributed by atoms with Crippen LogP contribution in [-0.2, 0) is 11.3 Å². The van der Waals surface area contributed by atoms with Gasteiger partial charge in [-0.2, -0.15) is 0 Å². The average molecular weight is 413 g/mol. The van der Waals surface area contributed by atoms with Crippen LogP contribution in [0.2, 0.25) is 10.0 Å². The summed E-state index contributed by atoms with van der Waals surface area (Å²) in [6.45, 7) is 0.0645. The number of hydrogen-bond donors (Lipinski definition) is 0. The Hall–Kier alpha value is -1.74. The van der Waals surface area contributed by atoms with Gasteiger partial charge in [0.15, 0.2) is 10.0 Å². The maximum absolute atomic E-state index is 12.4. The second kappa shape index (κ2) is 8.09. The summed E-state index contributed by atoms with van der Waals surface area (Å²) in [5.74, 6) is -0.523. The van der Waals surface area contributed by atoms with Crippen LogP contribution in [0.15, 0.2) is 35.7 Å². The number of hydrogen-bond acceptors (Lipinski definition) is 8. The van der Waals surface area contributed by atoms with Gasteiger partial charge in [0.2, 0.25) is 0 Å². The van der Waals surface area contributed by atoms with Gasteiger partial charge in [0.1, 0.15) is 12.3 Å². The quantitative estimate of drug-likeness (QED) is 0.349. The number of nitrogens with zero attached hydrogens (tertiary/aromatic N) is 4. The van der Waals surface area contributed by atoms with Gasteiger partial charge in [-0.1, -0.05) is 45.5 Å². The lowest BCUT2D eigenvalue weighted by atomic mass is 10.2. The highest BCUT2D eigenvalue weighted by Gasteiger charge is 2.20. The van der Waals surface area contributed by atoms with Crippen LogP contribution in [0, 0.1) is 0 Å². The van der Waals surface area contributed by atoms with Crippen LogP contribution in [0.1, 0.15) is 15.2 Å². The smallest absolute Gasteiger partial charge is 0.352 e. The molecule has 0 aliphatic rings. The molecular formula is C15H10Cl2N4O2S2. The average Bonchev–Trinajstić information content (AvgIpc) is 3.12. The number of benzene rings is 1. The van der Waals surface area contributed by atoms with Crippen molar-refractivity contribution in [2.24, 2.45) is 0 Å². The number of ether oxygens (including phenoxy) is 1. The molecule has 3 aromatic rings. The van der Waals surface area contributed by atoms with E-state index in [2.05, 4.69) is 19.6 Å². The monoisotopic (exact) mass is 412 g/mol. The lowest BCUT2D eigenvalue weighted by Crippen LogP contribution is -2.05. The summed E-state index contributed by atoms with van der Waals surface area (Å²) in [7, 11) is 0. The van der Waals surface area contributed by atoms with Crippen molar-refractivity contribution in [1.29, 1.82) is 0 Å². The van der Waals surface area contributed by atoms with Crippen LogP contribution >= 0.6 is 46.5 Å². The molecule has 6 nitrogen and oxygen atoms in total. The van der Waals surface area contributed by atoms with Crippen molar-refractivity contribution in [3.63, 3.8) is 0 Å². The van der Waals surface area contributed by atoms with E-state index in [1.54, 1.807) is 30.6 Å². The molecule has 0 radical (unpaired) electrons. The third-order valence-electron chi connectivity index (χ3n) is 3.11. The van der Waals surface area contributed by atoms with E-state index < -0.39 is 5.97 Å². The Balaban J connectivity index is 1.74. The lowest BCUT2D eigenvalue weighted by molar-refractivity contribution is 0.0479. The molecule has 0 atom stereocenters. The molecule has 0 bridgehead atoms. The first-order chi connectivity index (χ1) is 12.1. The van der Waals surface area contributed by atoms with Crippen molar-refractivity contribution in [3.8, 4) is 11.3 Å². The van der Waals surface area contributed by atoms with Crippen molar-refractivity contribution >= 4 is 52.5 Å².